The van der Waals surface area contributed by atoms with Gasteiger partial charge in [-0.05, 0) is 0 Å². The van der Waals surface area contributed by atoms with E-state index in [0.29, 0.717) is 0 Å². The second kappa shape index (κ2) is 31.3. The molecule has 0 aromatic carbocycles. The quantitative estimate of drug-likeness (QED) is 0.0956. The molecule has 0 aromatic rings. The van der Waals surface area contributed by atoms with E-state index >= 15 is 0 Å². The van der Waals surface area contributed by atoms with Gasteiger partial charge in [0, 0.05) is 0 Å². The SMILES string of the molecule is O=S(=O)([O-])F.O=S(=O)([O-])F.O=S(=O)([O-])F.O=S(=O)([O-])F.O=S(=O)([O-])F.[F-].[F-].[F-].[F-].[F-].[Nb+5].[Nb+5]. The van der Waals surface area contributed by atoms with Crippen LogP contribution in [0.4, 0.5) is 19.4 Å². The first-order chi connectivity index (χ1) is 10.0. The van der Waals surface area contributed by atoms with Gasteiger partial charge in [0.15, 0.2) is 0 Å². The van der Waals surface area contributed by atoms with Crippen LogP contribution in [0.15, 0.2) is 0 Å². The molecule has 0 aliphatic heterocycles. The van der Waals surface area contributed by atoms with Crippen molar-refractivity contribution in [3.8, 4) is 0 Å². The van der Waals surface area contributed by atoms with Gasteiger partial charge in [-0.25, -0.2) is 42.1 Å². The van der Waals surface area contributed by atoms with Crippen molar-refractivity contribution in [2.75, 3.05) is 0 Å². The van der Waals surface area contributed by atoms with Crippen LogP contribution < -0.4 is 23.5 Å². The third-order valence-corrected chi connectivity index (χ3v) is 0. The predicted molar refractivity (Wildman–Crippen MR) is 54.0 cm³/mol. The van der Waals surface area contributed by atoms with E-state index in [1.165, 1.54) is 0 Å². The van der Waals surface area contributed by atoms with Crippen LogP contribution in [0.5, 0.6) is 0 Å². The maximum absolute atomic E-state index is 10.1. The fraction of sp³-hybridized carbons (Fsp3) is 0. The molecule has 0 rings (SSSR count). The predicted octanol–water partition coefficient (Wildman–Crippen LogP) is -17.9. The van der Waals surface area contributed by atoms with Gasteiger partial charge in [-0.1, -0.05) is 0 Å². The second-order valence-corrected chi connectivity index (χ2v) is 5.90. The van der Waals surface area contributed by atoms with Crippen LogP contribution in [0.1, 0.15) is 0 Å². The summed E-state index contributed by atoms with van der Waals surface area (Å²) in [5.74, 6) is 0. The average Bonchev–Trinajstić information content (AvgIpc) is 1.79. The minimum atomic E-state index is -5.42. The normalized spacial score (nSPS) is 9.06. The molecule has 0 saturated carbocycles. The van der Waals surface area contributed by atoms with Crippen molar-refractivity contribution in [3.05, 3.63) is 0 Å². The first kappa shape index (κ1) is 76.8. The van der Waals surface area contributed by atoms with Crippen LogP contribution in [0.25, 0.3) is 0 Å². The van der Waals surface area contributed by atoms with E-state index < -0.39 is 52.5 Å². The van der Waals surface area contributed by atoms with E-state index in [4.69, 9.17) is 64.9 Å². The molecule has 0 N–H and O–H groups in total. The van der Waals surface area contributed by atoms with Crippen molar-refractivity contribution in [3.63, 3.8) is 0 Å². The molecule has 0 radical (unpaired) electrons. The molecule has 0 aromatic heterocycles. The van der Waals surface area contributed by atoms with Crippen LogP contribution >= 0.6 is 0 Å². The molecule has 0 amide bonds. The first-order valence-electron chi connectivity index (χ1n) is 3.27. The third kappa shape index (κ3) is 239000. The zero-order valence-electron chi connectivity index (χ0n) is 12.8. The van der Waals surface area contributed by atoms with Gasteiger partial charge in [-0.2, -0.15) is 0 Å². The summed E-state index contributed by atoms with van der Waals surface area (Å²) in [6.45, 7) is 0. The molecule has 0 spiro atoms. The molecule has 0 bridgehead atoms. The van der Waals surface area contributed by atoms with E-state index in [1.807, 2.05) is 0 Å². The molecule has 0 fully saturated rings. The Hall–Kier alpha value is 0.331. The Labute approximate surface area is 204 Å². The molecule has 200 valence electrons. The summed E-state index contributed by atoms with van der Waals surface area (Å²) in [5, 5.41) is 0. The van der Waals surface area contributed by atoms with Gasteiger partial charge in [0.1, 0.15) is 0 Å². The fourth-order valence-electron chi connectivity index (χ4n) is 0. The monoisotopic (exact) mass is 776 g/mol. The van der Waals surface area contributed by atoms with Gasteiger partial charge in [0.25, 0.3) is 52.5 Å². The van der Waals surface area contributed by atoms with E-state index in [9.17, 15) is 19.4 Å². The van der Waals surface area contributed by atoms with Crippen molar-refractivity contribution < 1.29 is 153 Å². The maximum atomic E-state index is 10.1. The number of halogens is 10. The van der Waals surface area contributed by atoms with Crippen LogP contribution in [0, 0.1) is 0 Å². The van der Waals surface area contributed by atoms with Crippen LogP contribution in [0.3, 0.4) is 0 Å². The summed E-state index contributed by atoms with van der Waals surface area (Å²) in [5.41, 5.74) is 0. The topological polar surface area (TPSA) is 286 Å². The standard InChI is InChI=1S/5FHO3S.5FH.2Nb/c5*1-5(2,3)4;;;;;;;/h5*(H,2,3,4);5*1H;;/q;;;;;;;;;;2*+5/p-10. The minimum absolute atomic E-state index is 0. The van der Waals surface area contributed by atoms with Crippen molar-refractivity contribution in [1.82, 2.24) is 0 Å². The number of hydrogen-bond acceptors (Lipinski definition) is 15. The smallest absolute Gasteiger partial charge is 1.00 e. The van der Waals surface area contributed by atoms with Gasteiger partial charge < -0.3 is 46.3 Å². The van der Waals surface area contributed by atoms with Crippen molar-refractivity contribution >= 4 is 52.5 Å². The summed E-state index contributed by atoms with van der Waals surface area (Å²) < 4.78 is 177. The van der Waals surface area contributed by atoms with E-state index in [2.05, 4.69) is 0 Å². The minimum Gasteiger partial charge on any atom is -1.00 e. The van der Waals surface area contributed by atoms with Crippen molar-refractivity contribution in [2.24, 2.45) is 0 Å². The van der Waals surface area contributed by atoms with Gasteiger partial charge in [0.2, 0.25) is 0 Å². The van der Waals surface area contributed by atoms with Gasteiger partial charge >= 0.3 is 44.8 Å². The molecule has 0 atom stereocenters. The van der Waals surface area contributed by atoms with E-state index in [-0.39, 0.29) is 68.3 Å². The largest absolute Gasteiger partial charge is 5.00 e. The Kier molecular flexibility index (Phi) is 75.2. The summed E-state index contributed by atoms with van der Waals surface area (Å²) in [4.78, 5) is 0. The molecule has 0 aliphatic rings. The van der Waals surface area contributed by atoms with E-state index in [0.717, 1.165) is 0 Å². The van der Waals surface area contributed by atoms with Crippen LogP contribution in [-0.4, -0.2) is 64.9 Å². The molecule has 32 heavy (non-hydrogen) atoms. The summed E-state index contributed by atoms with van der Waals surface area (Å²) in [6.07, 6.45) is 0. The zero-order chi connectivity index (χ0) is 22.5. The molecule has 15 nitrogen and oxygen atoms in total. The average molecular weight is 776 g/mol. The van der Waals surface area contributed by atoms with Crippen molar-refractivity contribution in [1.29, 1.82) is 0 Å². The Bertz CT molecular complexity index is 645. The molecule has 0 saturated heterocycles. The van der Waals surface area contributed by atoms with Crippen LogP contribution in [0.2, 0.25) is 0 Å². The van der Waals surface area contributed by atoms with Gasteiger partial charge in [-0.15, -0.1) is 19.4 Å². The van der Waals surface area contributed by atoms with Gasteiger partial charge in [0.05, 0.1) is 0 Å². The Balaban J connectivity index is -0.0000000148. The fourth-order valence-corrected chi connectivity index (χ4v) is 0. The number of hydrogen-bond donors (Lipinski definition) is 0. The molecular weight excluding hydrogens is 776 g/mol. The zero-order valence-corrected chi connectivity index (χ0v) is 21.3. The molecule has 0 heterocycles. The second-order valence-electron chi connectivity index (χ2n) is 1.97. The van der Waals surface area contributed by atoms with Crippen molar-refractivity contribution in [2.45, 2.75) is 0 Å². The molecule has 32 heteroatoms. The Morgan fingerprint density at radius 3 is 0.312 bits per heavy atom. The molecule has 0 unspecified atom stereocenters. The Morgan fingerprint density at radius 1 is 0.312 bits per heavy atom. The summed E-state index contributed by atoms with van der Waals surface area (Å²) in [6, 6.07) is 0. The maximum Gasteiger partial charge on any atom is 5.00 e. The van der Waals surface area contributed by atoms with Crippen LogP contribution in [-0.2, 0) is 97.3 Å². The molecule has 0 aliphatic carbocycles. The van der Waals surface area contributed by atoms with E-state index in [1.54, 1.807) is 0 Å². The van der Waals surface area contributed by atoms with Gasteiger partial charge in [-0.3, -0.25) is 0 Å². The summed E-state index contributed by atoms with van der Waals surface area (Å²) in [7, 11) is -27.1. The number of rotatable bonds is 0. The first-order valence-corrected chi connectivity index (χ1v) is 9.81. The Morgan fingerprint density at radius 2 is 0.312 bits per heavy atom. The molecular formula is F10Nb2O15S5. The summed E-state index contributed by atoms with van der Waals surface area (Å²) >= 11 is 0. The third-order valence-electron chi connectivity index (χ3n) is 0.